The summed E-state index contributed by atoms with van der Waals surface area (Å²) in [5.41, 5.74) is -3.70. The molecule has 4 aliphatic heterocycles. The average Bonchev–Trinajstić information content (AvgIpc) is 3.62. The molecule has 67 heavy (non-hydrogen) atoms. The molecule has 386 valence electrons. The van der Waals surface area contributed by atoms with Crippen LogP contribution in [0.15, 0.2) is 0 Å². The Morgan fingerprint density at radius 3 is 2.18 bits per heavy atom. The van der Waals surface area contributed by atoms with Crippen molar-refractivity contribution in [3.05, 3.63) is 0 Å². The number of carbonyl (C=O) groups excluding carboxylic acids is 1. The number of carbonyl (C=O) groups is 1. The molecule has 8 rings (SSSR count). The molecule has 8 aliphatic rings. The Labute approximate surface area is 392 Å². The van der Waals surface area contributed by atoms with Crippen LogP contribution in [0.2, 0.25) is 0 Å². The minimum absolute atomic E-state index is 0.0473. The van der Waals surface area contributed by atoms with Crippen LogP contribution < -0.4 is 0 Å². The average molecular weight is 963 g/mol. The standard InChI is InChI=1S/C47H78O20/c1-21(19-60-24(4)49)10-15-46(59-7)23(3)47(58)31(67-46)17-45(57)28-9-8-25-16-26(11-13-43(25,5)27(28)12-14-44(45,47)6)63-42-39(66-41-37(56)35(54)32(51)22(2)62-41)38(34(53)30(18-48)64-42)65-40-36(55)33(52)29(50)20-61-40/h21-23,25-42,48,50-58H,8-20H2,1-7H3/t21-,22+,23-,25+,26+,27-,28-,29-,30+,31+,32-,33+,34-,35+,36+,37-,38+,39+,40-,41+,42-,43+,44+,45-,46-,47-/m1/s1. The van der Waals surface area contributed by atoms with Crippen molar-refractivity contribution in [2.45, 2.75) is 221 Å². The highest BCUT2D eigenvalue weighted by atomic mass is 16.8. The molecule has 4 aliphatic carbocycles. The normalized spacial score (nSPS) is 54.6. The number of esters is 1. The summed E-state index contributed by atoms with van der Waals surface area (Å²) >= 11 is 0. The topological polar surface area (TPSA) is 302 Å². The van der Waals surface area contributed by atoms with Crippen molar-refractivity contribution >= 4 is 5.97 Å². The van der Waals surface area contributed by atoms with Crippen molar-refractivity contribution in [3.63, 3.8) is 0 Å². The van der Waals surface area contributed by atoms with E-state index in [4.69, 9.17) is 42.6 Å². The molecular weight excluding hydrogens is 884 g/mol. The summed E-state index contributed by atoms with van der Waals surface area (Å²) in [4.78, 5) is 11.4. The molecule has 0 amide bonds. The van der Waals surface area contributed by atoms with Crippen LogP contribution >= 0.6 is 0 Å². The SMILES string of the molecule is CO[C@]1(CC[C@@H](C)COC(C)=O)O[C@H]2C[C@@]3(O)[C@@H]4CC[C@H]5C[C@@H](O[C@@H]6O[C@@H](CO)[C@@H](O)[C@H](O[C@H]7OC[C@@H](O)[C@H](O)[C@@H]7O)[C@@H]6O[C@@H]6O[C@@H](C)[C@@H](O)[C@H](O)[C@H]6O)CC[C@]5(C)[C@@H]4CC[C@]3(C)[C@@]2(O)[C@@H]1C. The van der Waals surface area contributed by atoms with Crippen molar-refractivity contribution in [1.29, 1.82) is 0 Å². The second-order valence-corrected chi connectivity index (χ2v) is 22.0. The van der Waals surface area contributed by atoms with Gasteiger partial charge in [0.25, 0.3) is 0 Å². The zero-order valence-corrected chi connectivity index (χ0v) is 39.9. The molecule has 0 aromatic heterocycles. The molecule has 0 aromatic rings. The van der Waals surface area contributed by atoms with Crippen molar-refractivity contribution in [2.75, 3.05) is 26.9 Å². The Balaban J connectivity index is 0.988. The Bertz CT molecular complexity index is 1730. The van der Waals surface area contributed by atoms with Crippen LogP contribution in [-0.4, -0.2) is 199 Å². The van der Waals surface area contributed by atoms with Crippen molar-refractivity contribution in [2.24, 2.45) is 40.4 Å². The van der Waals surface area contributed by atoms with Crippen molar-refractivity contribution in [3.8, 4) is 0 Å². The molecular formula is C47H78O20. The summed E-state index contributed by atoms with van der Waals surface area (Å²) in [7, 11) is 1.60. The Morgan fingerprint density at radius 2 is 1.49 bits per heavy atom. The predicted octanol–water partition coefficient (Wildman–Crippen LogP) is -0.658. The third-order valence-electron chi connectivity index (χ3n) is 18.6. The second kappa shape index (κ2) is 19.3. The van der Waals surface area contributed by atoms with Gasteiger partial charge in [-0.15, -0.1) is 0 Å². The molecule has 4 heterocycles. The van der Waals surface area contributed by atoms with Gasteiger partial charge in [0.1, 0.15) is 66.6 Å². The van der Waals surface area contributed by atoms with Gasteiger partial charge in [0.2, 0.25) is 0 Å². The van der Waals surface area contributed by atoms with Gasteiger partial charge in [-0.2, -0.15) is 0 Å². The van der Waals surface area contributed by atoms with E-state index in [-0.39, 0.29) is 48.1 Å². The Kier molecular flexibility index (Phi) is 15.0. The number of methoxy groups -OCH3 is 1. The van der Waals surface area contributed by atoms with Crippen LogP contribution in [0.1, 0.15) is 106 Å². The van der Waals surface area contributed by atoms with Gasteiger partial charge in [0.15, 0.2) is 24.7 Å². The number of hydrogen-bond donors (Lipinski definition) is 10. The smallest absolute Gasteiger partial charge is 0.302 e. The minimum atomic E-state index is -1.77. The van der Waals surface area contributed by atoms with E-state index in [9.17, 15) is 55.9 Å². The number of fused-ring (bicyclic) bond motifs is 7. The fourth-order valence-corrected chi connectivity index (χ4v) is 14.3. The molecule has 0 spiro atoms. The van der Waals surface area contributed by atoms with Crippen LogP contribution in [-0.2, 0) is 47.4 Å². The van der Waals surface area contributed by atoms with E-state index in [1.807, 2.05) is 20.8 Å². The van der Waals surface area contributed by atoms with Crippen LogP contribution in [0.4, 0.5) is 0 Å². The molecule has 4 saturated heterocycles. The number of rotatable bonds is 13. The summed E-state index contributed by atoms with van der Waals surface area (Å²) in [6.07, 6.45) is -16.3. The Hall–Kier alpha value is -1.25. The van der Waals surface area contributed by atoms with Crippen molar-refractivity contribution < 1.29 is 98.5 Å². The molecule has 20 heteroatoms. The van der Waals surface area contributed by atoms with E-state index >= 15 is 0 Å². The maximum absolute atomic E-state index is 13.2. The summed E-state index contributed by atoms with van der Waals surface area (Å²) in [6.45, 7) is 10.3. The first-order chi connectivity index (χ1) is 31.5. The molecule has 4 saturated carbocycles. The summed E-state index contributed by atoms with van der Waals surface area (Å²) < 4.78 is 54.7. The van der Waals surface area contributed by atoms with Crippen molar-refractivity contribution in [1.82, 2.24) is 0 Å². The fraction of sp³-hybridized carbons (Fsp3) is 0.979. The molecule has 8 fully saturated rings. The van der Waals surface area contributed by atoms with E-state index in [2.05, 4.69) is 6.92 Å². The summed E-state index contributed by atoms with van der Waals surface area (Å²) in [6, 6.07) is 0. The van der Waals surface area contributed by atoms with Gasteiger partial charge in [-0.1, -0.05) is 27.7 Å². The van der Waals surface area contributed by atoms with Gasteiger partial charge in [-0.25, -0.2) is 0 Å². The van der Waals surface area contributed by atoms with Gasteiger partial charge >= 0.3 is 5.97 Å². The molecule has 0 aromatic carbocycles. The van der Waals surface area contributed by atoms with Crippen LogP contribution in [0, 0.1) is 40.4 Å². The molecule has 20 nitrogen and oxygen atoms in total. The predicted molar refractivity (Wildman–Crippen MR) is 229 cm³/mol. The zero-order valence-electron chi connectivity index (χ0n) is 39.9. The van der Waals surface area contributed by atoms with Gasteiger partial charge in [-0.3, -0.25) is 4.79 Å². The van der Waals surface area contributed by atoms with E-state index < -0.39 is 140 Å². The first kappa shape index (κ1) is 52.1. The molecule has 0 bridgehead atoms. The summed E-state index contributed by atoms with van der Waals surface area (Å²) in [5, 5.41) is 111. The van der Waals surface area contributed by atoms with E-state index in [0.29, 0.717) is 44.9 Å². The largest absolute Gasteiger partial charge is 0.466 e. The maximum Gasteiger partial charge on any atom is 0.302 e. The van der Waals surface area contributed by atoms with Gasteiger partial charge in [0.05, 0.1) is 43.7 Å². The van der Waals surface area contributed by atoms with Gasteiger partial charge in [-0.05, 0) is 87.4 Å². The van der Waals surface area contributed by atoms with Gasteiger partial charge in [0, 0.05) is 38.2 Å². The number of aliphatic hydroxyl groups excluding tert-OH is 8. The lowest BCUT2D eigenvalue weighted by Gasteiger charge is -2.64. The molecule has 0 radical (unpaired) electrons. The van der Waals surface area contributed by atoms with E-state index in [0.717, 1.165) is 12.8 Å². The summed E-state index contributed by atoms with van der Waals surface area (Å²) in [5.74, 6) is -1.69. The number of hydrogen-bond acceptors (Lipinski definition) is 20. The fourth-order valence-electron chi connectivity index (χ4n) is 14.3. The maximum atomic E-state index is 13.2. The lowest BCUT2D eigenvalue weighted by Crippen LogP contribution is -2.67. The highest BCUT2D eigenvalue weighted by Crippen LogP contribution is 2.74. The van der Waals surface area contributed by atoms with E-state index in [1.54, 1.807) is 7.11 Å². The molecule has 26 atom stereocenters. The number of aliphatic hydroxyl groups is 10. The molecule has 0 unspecified atom stereocenters. The lowest BCUT2D eigenvalue weighted by atomic mass is 9.42. The van der Waals surface area contributed by atoms with Crippen LogP contribution in [0.25, 0.3) is 0 Å². The number of ether oxygens (including phenoxy) is 9. The van der Waals surface area contributed by atoms with E-state index in [1.165, 1.54) is 13.8 Å². The zero-order chi connectivity index (χ0) is 48.8. The first-order valence-corrected chi connectivity index (χ1v) is 24.6. The second-order valence-electron chi connectivity index (χ2n) is 22.0. The lowest BCUT2D eigenvalue weighted by molar-refractivity contribution is -0.391. The quantitative estimate of drug-likeness (QED) is 0.0810. The van der Waals surface area contributed by atoms with Crippen LogP contribution in [0.3, 0.4) is 0 Å². The third kappa shape index (κ3) is 8.54. The molecule has 10 N–H and O–H groups in total. The highest BCUT2D eigenvalue weighted by molar-refractivity contribution is 5.65. The van der Waals surface area contributed by atoms with Crippen LogP contribution in [0.5, 0.6) is 0 Å². The monoisotopic (exact) mass is 963 g/mol. The highest BCUT2D eigenvalue weighted by Gasteiger charge is 2.81. The first-order valence-electron chi connectivity index (χ1n) is 24.6. The third-order valence-corrected chi connectivity index (χ3v) is 18.6. The minimum Gasteiger partial charge on any atom is -0.466 e. The Morgan fingerprint density at radius 1 is 0.791 bits per heavy atom. The van der Waals surface area contributed by atoms with Gasteiger partial charge < -0.3 is 93.7 Å².